The van der Waals surface area contributed by atoms with Crippen molar-refractivity contribution in [3.63, 3.8) is 0 Å². The van der Waals surface area contributed by atoms with Crippen molar-refractivity contribution in [2.45, 2.75) is 6.54 Å². The Morgan fingerprint density at radius 2 is 1.81 bits per heavy atom. The summed E-state index contributed by atoms with van der Waals surface area (Å²) in [7, 11) is 0. The second kappa shape index (κ2) is 8.45. The first-order chi connectivity index (χ1) is 12.9. The van der Waals surface area contributed by atoms with Crippen LogP contribution >= 0.6 is 11.3 Å². The highest BCUT2D eigenvalue weighted by Gasteiger charge is 2.17. The fraction of sp³-hybridized carbons (Fsp3) is 0.286. The molecule has 134 valence electrons. The highest BCUT2D eigenvalue weighted by atomic mass is 32.1. The number of aromatic nitrogens is 1. The molecule has 26 heavy (non-hydrogen) atoms. The van der Waals surface area contributed by atoms with Gasteiger partial charge in [0.05, 0.1) is 10.6 Å². The highest BCUT2D eigenvalue weighted by molar-refractivity contribution is 7.13. The van der Waals surface area contributed by atoms with Crippen LogP contribution in [0.25, 0.3) is 16.7 Å². The van der Waals surface area contributed by atoms with Crippen LogP contribution < -0.4 is 0 Å². The Labute approximate surface area is 158 Å². The van der Waals surface area contributed by atoms with Gasteiger partial charge in [0, 0.05) is 45.3 Å². The fourth-order valence-electron chi connectivity index (χ4n) is 3.18. The molecule has 1 aliphatic heterocycles. The third-order valence-electron chi connectivity index (χ3n) is 4.65. The Morgan fingerprint density at radius 3 is 2.58 bits per heavy atom. The SMILES string of the molecule is C(=C\c1ccccc1)/CN1CCN(Cc2cc(-c3cccs3)on2)CC1. The van der Waals surface area contributed by atoms with E-state index in [1.165, 1.54) is 5.56 Å². The van der Waals surface area contributed by atoms with Gasteiger partial charge in [0.1, 0.15) is 0 Å². The van der Waals surface area contributed by atoms with E-state index in [1.807, 2.05) is 6.07 Å². The predicted octanol–water partition coefficient (Wildman–Crippen LogP) is 4.23. The smallest absolute Gasteiger partial charge is 0.177 e. The summed E-state index contributed by atoms with van der Waals surface area (Å²) in [6.45, 7) is 6.20. The minimum absolute atomic E-state index is 0.864. The lowest BCUT2D eigenvalue weighted by atomic mass is 10.2. The Hall–Kier alpha value is -2.21. The van der Waals surface area contributed by atoms with E-state index in [1.54, 1.807) is 11.3 Å². The second-order valence-corrected chi connectivity index (χ2v) is 7.50. The number of hydrogen-bond donors (Lipinski definition) is 0. The van der Waals surface area contributed by atoms with Gasteiger partial charge in [-0.3, -0.25) is 9.80 Å². The molecule has 0 aliphatic carbocycles. The standard InChI is InChI=1S/C21H23N3OS/c1-2-6-18(7-3-1)8-4-10-23-11-13-24(14-12-23)17-19-16-20(25-22-19)21-9-5-15-26-21/h1-9,15-16H,10-14,17H2/b8-4+. The summed E-state index contributed by atoms with van der Waals surface area (Å²) in [6.07, 6.45) is 4.46. The molecule has 3 aromatic rings. The zero-order valence-corrected chi connectivity index (χ0v) is 15.6. The fourth-order valence-corrected chi connectivity index (χ4v) is 3.86. The van der Waals surface area contributed by atoms with Crippen LogP contribution in [0.4, 0.5) is 0 Å². The number of thiophene rings is 1. The maximum Gasteiger partial charge on any atom is 0.177 e. The van der Waals surface area contributed by atoms with Crippen molar-refractivity contribution in [2.24, 2.45) is 0 Å². The lowest BCUT2D eigenvalue weighted by Gasteiger charge is -2.33. The minimum Gasteiger partial charge on any atom is -0.355 e. The van der Waals surface area contributed by atoms with E-state index in [0.29, 0.717) is 0 Å². The molecule has 0 amide bonds. The highest BCUT2D eigenvalue weighted by Crippen LogP contribution is 2.25. The summed E-state index contributed by atoms with van der Waals surface area (Å²) in [5.41, 5.74) is 2.28. The summed E-state index contributed by atoms with van der Waals surface area (Å²) < 4.78 is 5.48. The van der Waals surface area contributed by atoms with Crippen molar-refractivity contribution in [3.8, 4) is 10.6 Å². The van der Waals surface area contributed by atoms with Crippen molar-refractivity contribution in [1.29, 1.82) is 0 Å². The molecule has 0 N–H and O–H groups in total. The molecule has 0 atom stereocenters. The van der Waals surface area contributed by atoms with Crippen LogP contribution in [0.2, 0.25) is 0 Å². The van der Waals surface area contributed by atoms with Crippen molar-refractivity contribution < 1.29 is 4.52 Å². The minimum atomic E-state index is 0.864. The van der Waals surface area contributed by atoms with E-state index in [4.69, 9.17) is 4.52 Å². The van der Waals surface area contributed by atoms with Gasteiger partial charge in [0.25, 0.3) is 0 Å². The van der Waals surface area contributed by atoms with Crippen LogP contribution in [0.5, 0.6) is 0 Å². The lowest BCUT2D eigenvalue weighted by Crippen LogP contribution is -2.45. The van der Waals surface area contributed by atoms with Gasteiger partial charge in [-0.05, 0) is 17.0 Å². The van der Waals surface area contributed by atoms with Crippen molar-refractivity contribution in [1.82, 2.24) is 15.0 Å². The van der Waals surface area contributed by atoms with Crippen molar-refractivity contribution in [3.05, 3.63) is 71.2 Å². The molecule has 0 saturated carbocycles. The quantitative estimate of drug-likeness (QED) is 0.654. The zero-order valence-electron chi connectivity index (χ0n) is 14.8. The first-order valence-corrected chi connectivity index (χ1v) is 9.90. The topological polar surface area (TPSA) is 32.5 Å². The Kier molecular flexibility index (Phi) is 5.59. The molecule has 4 nitrogen and oxygen atoms in total. The van der Waals surface area contributed by atoms with Gasteiger partial charge in [-0.2, -0.15) is 0 Å². The molecule has 0 unspecified atom stereocenters. The van der Waals surface area contributed by atoms with Gasteiger partial charge in [-0.15, -0.1) is 11.3 Å². The monoisotopic (exact) mass is 365 g/mol. The Balaban J connectivity index is 1.23. The molecule has 2 aromatic heterocycles. The van der Waals surface area contributed by atoms with Gasteiger partial charge in [0.15, 0.2) is 5.76 Å². The molecule has 1 aromatic carbocycles. The van der Waals surface area contributed by atoms with Gasteiger partial charge in [-0.1, -0.05) is 53.7 Å². The van der Waals surface area contributed by atoms with Crippen molar-refractivity contribution in [2.75, 3.05) is 32.7 Å². The third kappa shape index (κ3) is 4.49. The van der Waals surface area contributed by atoms with Crippen LogP contribution in [0, 0.1) is 0 Å². The summed E-state index contributed by atoms with van der Waals surface area (Å²) in [5, 5.41) is 6.29. The number of hydrogen-bond acceptors (Lipinski definition) is 5. The molecule has 0 radical (unpaired) electrons. The van der Waals surface area contributed by atoms with Gasteiger partial charge >= 0.3 is 0 Å². The normalized spacial score (nSPS) is 16.5. The summed E-state index contributed by atoms with van der Waals surface area (Å²) in [4.78, 5) is 6.09. The first-order valence-electron chi connectivity index (χ1n) is 9.02. The molecule has 4 rings (SSSR count). The summed E-state index contributed by atoms with van der Waals surface area (Å²) >= 11 is 1.68. The molecular weight excluding hydrogens is 342 g/mol. The van der Waals surface area contributed by atoms with E-state index in [2.05, 4.69) is 75.0 Å². The van der Waals surface area contributed by atoms with Crippen LogP contribution in [0.15, 0.2) is 64.5 Å². The molecule has 1 aliphatic rings. The maximum atomic E-state index is 5.48. The lowest BCUT2D eigenvalue weighted by molar-refractivity contribution is 0.134. The molecule has 0 spiro atoms. The van der Waals surface area contributed by atoms with Gasteiger partial charge < -0.3 is 4.52 Å². The summed E-state index contributed by atoms with van der Waals surface area (Å²) in [5.74, 6) is 0.875. The molecule has 5 heteroatoms. The molecule has 0 bridgehead atoms. The number of nitrogens with zero attached hydrogens (tertiary/aromatic N) is 3. The van der Waals surface area contributed by atoms with Crippen LogP contribution in [-0.2, 0) is 6.54 Å². The van der Waals surface area contributed by atoms with E-state index in [9.17, 15) is 0 Å². The van der Waals surface area contributed by atoms with Crippen LogP contribution in [0.3, 0.4) is 0 Å². The van der Waals surface area contributed by atoms with E-state index in [-0.39, 0.29) is 0 Å². The first kappa shape index (κ1) is 17.2. The van der Waals surface area contributed by atoms with Crippen LogP contribution in [-0.4, -0.2) is 47.7 Å². The molecule has 1 saturated heterocycles. The average Bonchev–Trinajstić information content (AvgIpc) is 3.36. The largest absolute Gasteiger partial charge is 0.355 e. The second-order valence-electron chi connectivity index (χ2n) is 6.55. The zero-order chi connectivity index (χ0) is 17.6. The Morgan fingerprint density at radius 1 is 1.00 bits per heavy atom. The van der Waals surface area contributed by atoms with Gasteiger partial charge in [0.2, 0.25) is 0 Å². The Bertz CT molecular complexity index is 818. The van der Waals surface area contributed by atoms with Crippen LogP contribution in [0.1, 0.15) is 11.3 Å². The van der Waals surface area contributed by atoms with E-state index >= 15 is 0 Å². The molecular formula is C21H23N3OS. The average molecular weight is 366 g/mol. The van der Waals surface area contributed by atoms with Gasteiger partial charge in [-0.25, -0.2) is 0 Å². The number of rotatable bonds is 6. The van der Waals surface area contributed by atoms with Crippen molar-refractivity contribution >= 4 is 17.4 Å². The maximum absolute atomic E-state index is 5.48. The molecule has 3 heterocycles. The molecule has 1 fully saturated rings. The number of benzene rings is 1. The summed E-state index contributed by atoms with van der Waals surface area (Å²) in [6, 6.07) is 16.6. The van der Waals surface area contributed by atoms with E-state index in [0.717, 1.165) is 55.6 Å². The number of piperazine rings is 1. The third-order valence-corrected chi connectivity index (χ3v) is 5.53. The predicted molar refractivity (Wildman–Crippen MR) is 107 cm³/mol. The van der Waals surface area contributed by atoms with E-state index < -0.39 is 0 Å².